The van der Waals surface area contributed by atoms with Crippen molar-refractivity contribution in [1.29, 1.82) is 0 Å². The van der Waals surface area contributed by atoms with Gasteiger partial charge in [0.05, 0.1) is 6.10 Å². The zero-order valence-electron chi connectivity index (χ0n) is 11.5. The van der Waals surface area contributed by atoms with Crippen LogP contribution in [0.25, 0.3) is 0 Å². The third-order valence-electron chi connectivity index (χ3n) is 2.03. The summed E-state index contributed by atoms with van der Waals surface area (Å²) >= 11 is 1.75. The van der Waals surface area contributed by atoms with E-state index >= 15 is 0 Å². The van der Waals surface area contributed by atoms with Crippen LogP contribution in [-0.2, 0) is 9.53 Å². The number of ether oxygens (including phenoxy) is 2. The molecule has 0 aromatic heterocycles. The average Bonchev–Trinajstić information content (AvgIpc) is 2.36. The molecule has 0 spiro atoms. The lowest BCUT2D eigenvalue weighted by atomic mass is 10.2. The molecule has 0 aliphatic carbocycles. The fraction of sp³-hybridized carbons (Fsp3) is 0.562. The molecule has 0 amide bonds. The molecule has 0 bridgehead atoms. The lowest BCUT2D eigenvalue weighted by molar-refractivity contribution is -0.119. The second kappa shape index (κ2) is 16.1. The summed E-state index contributed by atoms with van der Waals surface area (Å²) < 4.78 is 10.6. The first-order chi connectivity index (χ1) is 8.63. The van der Waals surface area contributed by atoms with E-state index in [0.717, 1.165) is 5.75 Å². The van der Waals surface area contributed by atoms with Crippen LogP contribution in [0.4, 0.5) is 0 Å². The zero-order chi connectivity index (χ0) is 13.8. The summed E-state index contributed by atoms with van der Waals surface area (Å²) in [6, 6.07) is 9.49. The molecule has 1 aromatic rings. The van der Waals surface area contributed by atoms with Gasteiger partial charge in [0.15, 0.2) is 0 Å². The molecule has 1 unspecified atom stereocenters. The van der Waals surface area contributed by atoms with Crippen molar-refractivity contribution in [3.05, 3.63) is 30.3 Å². The lowest BCUT2D eigenvalue weighted by Crippen LogP contribution is -2.22. The van der Waals surface area contributed by atoms with Crippen molar-refractivity contribution in [1.82, 2.24) is 0 Å². The Kier molecular flexibility index (Phi) is 19.3. The van der Waals surface area contributed by atoms with E-state index in [1.807, 2.05) is 42.8 Å². The first-order valence-corrected chi connectivity index (χ1v) is 7.37. The molecule has 0 N–H and O–H groups in total. The van der Waals surface area contributed by atoms with E-state index in [4.69, 9.17) is 9.47 Å². The van der Waals surface area contributed by atoms with Crippen LogP contribution >= 0.6 is 11.8 Å². The van der Waals surface area contributed by atoms with Gasteiger partial charge in [-0.2, -0.15) is 11.8 Å². The number of methoxy groups -OCH3 is 1. The Bertz CT molecular complexity index is 315. The number of hydrogen-bond donors (Lipinski definition) is 0. The highest BCUT2D eigenvalue weighted by molar-refractivity contribution is 7.97. The van der Waals surface area contributed by atoms with E-state index < -0.39 is 0 Å². The molecule has 0 heterocycles. The van der Waals surface area contributed by atoms with Crippen molar-refractivity contribution in [2.45, 2.75) is 34.3 Å². The quantitative estimate of drug-likeness (QED) is 0.784. The largest absolute Gasteiger partial charge is 0.491 e. The number of ketones is 1. The molecule has 0 fully saturated rings. The summed E-state index contributed by atoms with van der Waals surface area (Å²) in [7, 11) is 1.59. The monoisotopic (exact) mass is 302 g/mol. The van der Waals surface area contributed by atoms with Crippen LogP contribution in [0.15, 0.2) is 30.3 Å². The number of Topliss-reactive ketones (excluding diaryl/α,β-unsaturated/α-hetero) is 1. The maximum absolute atomic E-state index is 10.9. The third kappa shape index (κ3) is 13.4. The molecular formula is C16H30O3S. The van der Waals surface area contributed by atoms with E-state index in [2.05, 4.69) is 0 Å². The van der Waals surface area contributed by atoms with Crippen LogP contribution in [0.5, 0.6) is 5.75 Å². The summed E-state index contributed by atoms with van der Waals surface area (Å²) in [6.45, 7) is 1.95. The number of hydrogen-bond acceptors (Lipinski definition) is 4. The van der Waals surface area contributed by atoms with E-state index in [9.17, 15) is 4.79 Å². The van der Waals surface area contributed by atoms with Gasteiger partial charge in [-0.1, -0.05) is 33.1 Å². The SMILES string of the molecule is C.C.COC(COc1ccccc1)CC(C)=O.CSC. The molecule has 118 valence electrons. The Morgan fingerprint density at radius 1 is 1.20 bits per heavy atom. The summed E-state index contributed by atoms with van der Waals surface area (Å²) in [4.78, 5) is 10.9. The number of benzene rings is 1. The maximum atomic E-state index is 10.9. The minimum Gasteiger partial charge on any atom is -0.491 e. The summed E-state index contributed by atoms with van der Waals surface area (Å²) in [5.41, 5.74) is 0. The number of para-hydroxylation sites is 1. The van der Waals surface area contributed by atoms with Gasteiger partial charge in [-0.25, -0.2) is 0 Å². The maximum Gasteiger partial charge on any atom is 0.132 e. The van der Waals surface area contributed by atoms with Gasteiger partial charge in [0.2, 0.25) is 0 Å². The number of thioether (sulfide) groups is 1. The minimum absolute atomic E-state index is 0. The molecular weight excluding hydrogens is 272 g/mol. The van der Waals surface area contributed by atoms with Gasteiger partial charge in [0.25, 0.3) is 0 Å². The second-order valence-corrected chi connectivity index (χ2v) is 4.61. The number of rotatable bonds is 6. The number of carbonyl (C=O) groups excluding carboxylic acids is 1. The van der Waals surface area contributed by atoms with Gasteiger partial charge in [0, 0.05) is 13.5 Å². The average molecular weight is 302 g/mol. The van der Waals surface area contributed by atoms with Gasteiger partial charge in [0.1, 0.15) is 18.1 Å². The standard InChI is InChI=1S/C12H16O3.C2H6S.2CH4/c1-10(13)8-12(14-2)9-15-11-6-4-3-5-7-11;1-3-2;;/h3-7,12H,8-9H2,1-2H3;1-2H3;2*1H4. The van der Waals surface area contributed by atoms with Crippen molar-refractivity contribution in [2.24, 2.45) is 0 Å². The predicted octanol–water partition coefficient (Wildman–Crippen LogP) is 4.31. The molecule has 1 aromatic carbocycles. The Morgan fingerprint density at radius 3 is 2.10 bits per heavy atom. The molecule has 1 atom stereocenters. The van der Waals surface area contributed by atoms with E-state index in [-0.39, 0.29) is 26.7 Å². The summed E-state index contributed by atoms with van der Waals surface area (Å²) in [5.74, 6) is 0.904. The molecule has 3 nitrogen and oxygen atoms in total. The number of carbonyl (C=O) groups is 1. The van der Waals surface area contributed by atoms with Gasteiger partial charge >= 0.3 is 0 Å². The summed E-state index contributed by atoms with van der Waals surface area (Å²) in [5, 5.41) is 0. The normalized spacial score (nSPS) is 10.0. The van der Waals surface area contributed by atoms with Crippen LogP contribution in [-0.4, -0.2) is 38.1 Å². The Balaban J connectivity index is -0.000000530. The Hall–Kier alpha value is -1.000. The molecule has 20 heavy (non-hydrogen) atoms. The molecule has 0 aliphatic heterocycles. The highest BCUT2D eigenvalue weighted by atomic mass is 32.2. The smallest absolute Gasteiger partial charge is 0.132 e. The molecule has 4 heteroatoms. The van der Waals surface area contributed by atoms with Crippen molar-refractivity contribution < 1.29 is 14.3 Å². The second-order valence-electron chi connectivity index (χ2n) is 3.80. The van der Waals surface area contributed by atoms with E-state index in [1.54, 1.807) is 25.8 Å². The topological polar surface area (TPSA) is 35.5 Å². The first kappa shape index (κ1) is 24.0. The van der Waals surface area contributed by atoms with Crippen LogP contribution in [0.3, 0.4) is 0 Å². The van der Waals surface area contributed by atoms with Crippen molar-refractivity contribution in [3.63, 3.8) is 0 Å². The van der Waals surface area contributed by atoms with Gasteiger partial charge in [-0.05, 0) is 31.6 Å². The predicted molar refractivity (Wildman–Crippen MR) is 90.9 cm³/mol. The Morgan fingerprint density at radius 2 is 1.70 bits per heavy atom. The van der Waals surface area contributed by atoms with Crippen LogP contribution in [0.1, 0.15) is 28.2 Å². The third-order valence-corrected chi connectivity index (χ3v) is 2.03. The van der Waals surface area contributed by atoms with Crippen LogP contribution in [0.2, 0.25) is 0 Å². The molecule has 0 radical (unpaired) electrons. The van der Waals surface area contributed by atoms with Crippen molar-refractivity contribution in [3.8, 4) is 5.75 Å². The van der Waals surface area contributed by atoms with Crippen LogP contribution in [0, 0.1) is 0 Å². The van der Waals surface area contributed by atoms with E-state index in [0.29, 0.717) is 13.0 Å². The highest BCUT2D eigenvalue weighted by Crippen LogP contribution is 2.10. The van der Waals surface area contributed by atoms with Crippen molar-refractivity contribution >= 4 is 17.5 Å². The molecule has 0 aliphatic rings. The van der Waals surface area contributed by atoms with Gasteiger partial charge in [-0.3, -0.25) is 4.79 Å². The van der Waals surface area contributed by atoms with Gasteiger partial charge in [-0.15, -0.1) is 0 Å². The minimum atomic E-state index is -0.164. The van der Waals surface area contributed by atoms with Gasteiger partial charge < -0.3 is 9.47 Å². The van der Waals surface area contributed by atoms with Crippen molar-refractivity contribution in [2.75, 3.05) is 26.2 Å². The molecule has 0 saturated heterocycles. The fourth-order valence-electron chi connectivity index (χ4n) is 1.24. The summed E-state index contributed by atoms with van der Waals surface area (Å²) in [6.07, 6.45) is 4.31. The van der Waals surface area contributed by atoms with E-state index in [1.165, 1.54) is 0 Å². The lowest BCUT2D eigenvalue weighted by Gasteiger charge is -2.14. The highest BCUT2D eigenvalue weighted by Gasteiger charge is 2.10. The molecule has 1 rings (SSSR count). The van der Waals surface area contributed by atoms with Crippen LogP contribution < -0.4 is 4.74 Å². The first-order valence-electron chi connectivity index (χ1n) is 5.74. The zero-order valence-corrected chi connectivity index (χ0v) is 12.3. The Labute approximate surface area is 129 Å². The fourth-order valence-corrected chi connectivity index (χ4v) is 1.24. The molecule has 0 saturated carbocycles.